The largest absolute Gasteiger partial charge is 0.486 e. The number of ether oxygens (including phenoxy) is 3. The van der Waals surface area contributed by atoms with Crippen LogP contribution in [-0.4, -0.2) is 50.9 Å². The third-order valence-electron chi connectivity index (χ3n) is 5.07. The molecule has 0 amide bonds. The molecule has 0 radical (unpaired) electrons. The van der Waals surface area contributed by atoms with Crippen molar-refractivity contribution in [3.8, 4) is 17.2 Å². The van der Waals surface area contributed by atoms with E-state index in [0.29, 0.717) is 19.3 Å². The summed E-state index contributed by atoms with van der Waals surface area (Å²) < 4.78 is 18.2. The van der Waals surface area contributed by atoms with Gasteiger partial charge in [0.1, 0.15) is 18.8 Å². The molecule has 4 rings (SSSR count). The molecule has 0 aliphatic carbocycles. The van der Waals surface area contributed by atoms with Crippen molar-refractivity contribution in [3.05, 3.63) is 17.7 Å². The van der Waals surface area contributed by atoms with E-state index in [1.54, 1.807) is 0 Å². The third-order valence-corrected chi connectivity index (χ3v) is 5.07. The number of hydrogen-bond acceptors (Lipinski definition) is 5. The highest BCUT2D eigenvalue weighted by Crippen LogP contribution is 2.52. The Morgan fingerprint density at radius 3 is 2.64 bits per heavy atom. The molecule has 1 unspecified atom stereocenters. The monoisotopic (exact) mass is 304 g/mol. The van der Waals surface area contributed by atoms with Crippen molar-refractivity contribution in [1.29, 1.82) is 0 Å². The average molecular weight is 304 g/mol. The molecule has 1 spiro atoms. The standard InChI is InChI=1S/C17H24N2O3/c1-19(2)13-11-17(5-7-18-8-6-17)22-15-12(13)3-4-14-16(15)21-10-9-20-14/h3-4,13,18H,5-11H2,1-2H3. The molecule has 0 saturated carbocycles. The van der Waals surface area contributed by atoms with Crippen molar-refractivity contribution in [2.45, 2.75) is 30.9 Å². The normalized spacial score (nSPS) is 25.7. The van der Waals surface area contributed by atoms with Gasteiger partial charge in [0.15, 0.2) is 11.5 Å². The van der Waals surface area contributed by atoms with Crippen molar-refractivity contribution in [2.24, 2.45) is 0 Å². The van der Waals surface area contributed by atoms with Crippen molar-refractivity contribution in [3.63, 3.8) is 0 Å². The Labute approximate surface area is 131 Å². The summed E-state index contributed by atoms with van der Waals surface area (Å²) >= 11 is 0. The molecule has 3 aliphatic heterocycles. The van der Waals surface area contributed by atoms with Crippen LogP contribution in [0.3, 0.4) is 0 Å². The molecular weight excluding hydrogens is 280 g/mol. The Balaban J connectivity index is 1.80. The quantitative estimate of drug-likeness (QED) is 0.859. The predicted molar refractivity (Wildman–Crippen MR) is 83.9 cm³/mol. The van der Waals surface area contributed by atoms with E-state index in [1.807, 2.05) is 6.07 Å². The number of fused-ring (bicyclic) bond motifs is 3. The molecule has 3 aliphatic rings. The van der Waals surface area contributed by atoms with Gasteiger partial charge in [-0.25, -0.2) is 0 Å². The minimum absolute atomic E-state index is 0.0802. The fourth-order valence-corrected chi connectivity index (χ4v) is 3.84. The Morgan fingerprint density at radius 1 is 1.09 bits per heavy atom. The Bertz CT molecular complexity index is 567. The van der Waals surface area contributed by atoms with E-state index >= 15 is 0 Å². The summed E-state index contributed by atoms with van der Waals surface area (Å²) in [5.41, 5.74) is 1.14. The molecule has 1 fully saturated rings. The van der Waals surface area contributed by atoms with Gasteiger partial charge in [-0.3, -0.25) is 0 Å². The second kappa shape index (κ2) is 5.32. The highest BCUT2D eigenvalue weighted by molar-refractivity contribution is 5.58. The summed E-state index contributed by atoms with van der Waals surface area (Å²) in [4.78, 5) is 2.29. The smallest absolute Gasteiger partial charge is 0.204 e. The summed E-state index contributed by atoms with van der Waals surface area (Å²) in [6, 6.07) is 4.52. The maximum atomic E-state index is 6.57. The second-order valence-corrected chi connectivity index (χ2v) is 6.73. The van der Waals surface area contributed by atoms with Crippen LogP contribution in [0.4, 0.5) is 0 Å². The van der Waals surface area contributed by atoms with Crippen LogP contribution in [-0.2, 0) is 0 Å². The van der Waals surface area contributed by atoms with Gasteiger partial charge >= 0.3 is 0 Å². The Kier molecular flexibility index (Phi) is 3.42. The molecule has 3 heterocycles. The first-order valence-electron chi connectivity index (χ1n) is 8.17. The lowest BCUT2D eigenvalue weighted by Crippen LogP contribution is -2.50. The molecule has 120 valence electrons. The van der Waals surface area contributed by atoms with Gasteiger partial charge in [-0.2, -0.15) is 0 Å². The van der Waals surface area contributed by atoms with Gasteiger partial charge in [-0.1, -0.05) is 0 Å². The molecule has 22 heavy (non-hydrogen) atoms. The van der Waals surface area contributed by atoms with Crippen LogP contribution in [0.25, 0.3) is 0 Å². The summed E-state index contributed by atoms with van der Waals surface area (Å²) in [5.74, 6) is 2.52. The van der Waals surface area contributed by atoms with Gasteiger partial charge in [0.25, 0.3) is 0 Å². The number of hydrogen-bond donors (Lipinski definition) is 1. The van der Waals surface area contributed by atoms with Crippen LogP contribution in [0.5, 0.6) is 17.2 Å². The first-order chi connectivity index (χ1) is 10.7. The second-order valence-electron chi connectivity index (χ2n) is 6.73. The Hall–Kier alpha value is -1.46. The Morgan fingerprint density at radius 2 is 1.86 bits per heavy atom. The number of rotatable bonds is 1. The van der Waals surface area contributed by atoms with Crippen molar-refractivity contribution in [2.75, 3.05) is 40.4 Å². The van der Waals surface area contributed by atoms with Gasteiger partial charge in [-0.15, -0.1) is 0 Å². The van der Waals surface area contributed by atoms with Gasteiger partial charge in [-0.05, 0) is 52.2 Å². The van der Waals surface area contributed by atoms with Crippen molar-refractivity contribution in [1.82, 2.24) is 10.2 Å². The van der Waals surface area contributed by atoms with Crippen LogP contribution in [0.2, 0.25) is 0 Å². The van der Waals surface area contributed by atoms with E-state index in [2.05, 4.69) is 30.4 Å². The molecule has 1 aromatic rings. The van der Waals surface area contributed by atoms with Crippen molar-refractivity contribution >= 4 is 0 Å². The third kappa shape index (κ3) is 2.23. The summed E-state index contributed by atoms with van der Waals surface area (Å²) in [5, 5.41) is 3.44. The molecule has 1 N–H and O–H groups in total. The molecule has 0 bridgehead atoms. The lowest BCUT2D eigenvalue weighted by molar-refractivity contribution is -0.0159. The summed E-state index contributed by atoms with van der Waals surface area (Å²) in [6.07, 6.45) is 3.12. The average Bonchev–Trinajstić information content (AvgIpc) is 2.54. The van der Waals surface area contributed by atoms with Crippen LogP contribution in [0, 0.1) is 0 Å². The molecule has 5 nitrogen and oxygen atoms in total. The maximum Gasteiger partial charge on any atom is 0.204 e. The zero-order chi connectivity index (χ0) is 15.2. The van der Waals surface area contributed by atoms with E-state index < -0.39 is 0 Å². The maximum absolute atomic E-state index is 6.57. The van der Waals surface area contributed by atoms with Crippen LogP contribution >= 0.6 is 0 Å². The van der Waals surface area contributed by atoms with Gasteiger partial charge in [0.05, 0.1) is 0 Å². The topological polar surface area (TPSA) is 43.0 Å². The molecule has 1 aromatic carbocycles. The van der Waals surface area contributed by atoms with Gasteiger partial charge < -0.3 is 24.4 Å². The lowest BCUT2D eigenvalue weighted by atomic mass is 9.80. The first kappa shape index (κ1) is 14.2. The summed E-state index contributed by atoms with van der Waals surface area (Å²) in [7, 11) is 4.29. The zero-order valence-corrected chi connectivity index (χ0v) is 13.4. The number of benzene rings is 1. The molecule has 1 saturated heterocycles. The molecule has 1 atom stereocenters. The van der Waals surface area contributed by atoms with Crippen LogP contribution < -0.4 is 19.5 Å². The van der Waals surface area contributed by atoms with Gasteiger partial charge in [0.2, 0.25) is 5.75 Å². The fraction of sp³-hybridized carbons (Fsp3) is 0.647. The SMILES string of the molecule is CN(C)C1CC2(CCNCC2)Oc2c1ccc1c2OCCO1. The van der Waals surface area contributed by atoms with E-state index in [0.717, 1.165) is 49.6 Å². The zero-order valence-electron chi connectivity index (χ0n) is 13.4. The van der Waals surface area contributed by atoms with Gasteiger partial charge in [0, 0.05) is 18.0 Å². The fourth-order valence-electron chi connectivity index (χ4n) is 3.84. The highest BCUT2D eigenvalue weighted by Gasteiger charge is 2.44. The van der Waals surface area contributed by atoms with Crippen LogP contribution in [0.1, 0.15) is 30.9 Å². The van der Waals surface area contributed by atoms with Crippen molar-refractivity contribution < 1.29 is 14.2 Å². The lowest BCUT2D eigenvalue weighted by Gasteiger charge is -2.46. The summed E-state index contributed by atoms with van der Waals surface area (Å²) in [6.45, 7) is 3.23. The molecule has 5 heteroatoms. The molecular formula is C17H24N2O3. The van der Waals surface area contributed by atoms with E-state index in [9.17, 15) is 0 Å². The minimum Gasteiger partial charge on any atom is -0.486 e. The van der Waals surface area contributed by atoms with E-state index in [1.165, 1.54) is 5.56 Å². The highest BCUT2D eigenvalue weighted by atomic mass is 16.6. The number of nitrogens with zero attached hydrogens (tertiary/aromatic N) is 1. The predicted octanol–water partition coefficient (Wildman–Crippen LogP) is 1.97. The van der Waals surface area contributed by atoms with Crippen LogP contribution in [0.15, 0.2) is 12.1 Å². The van der Waals surface area contributed by atoms with E-state index in [-0.39, 0.29) is 5.60 Å². The number of nitrogens with one attached hydrogen (secondary N) is 1. The van der Waals surface area contributed by atoms with E-state index in [4.69, 9.17) is 14.2 Å². The first-order valence-corrected chi connectivity index (χ1v) is 8.17. The number of piperidine rings is 1. The molecule has 0 aromatic heterocycles. The minimum atomic E-state index is -0.0802.